The fourth-order valence-corrected chi connectivity index (χ4v) is 8.59. The van der Waals surface area contributed by atoms with E-state index in [1.54, 1.807) is 36.4 Å². The first-order valence-electron chi connectivity index (χ1n) is 14.6. The highest BCUT2D eigenvalue weighted by molar-refractivity contribution is 6.58. The SMILES string of the molecule is O=C1C2CC=C3C(CC4(Cl)C(=O)N(c5ccc(F)cc5)C(=O)C4(Cl)C3c3ccccc3O)C2C(=O)N1CCc1ccc(O)cc1. The summed E-state index contributed by atoms with van der Waals surface area (Å²) < 4.78 is 13.8. The Hall–Kier alpha value is -4.21. The zero-order chi connectivity index (χ0) is 31.8. The summed E-state index contributed by atoms with van der Waals surface area (Å²) in [4.78, 5) is 54.1. The molecule has 0 spiro atoms. The number of fused-ring (bicyclic) bond motifs is 4. The Morgan fingerprint density at radius 1 is 0.844 bits per heavy atom. The van der Waals surface area contributed by atoms with Gasteiger partial charge in [-0.1, -0.05) is 42.0 Å². The maximum absolute atomic E-state index is 14.3. The van der Waals surface area contributed by atoms with Crippen molar-refractivity contribution in [1.82, 2.24) is 4.90 Å². The molecule has 7 rings (SSSR count). The molecular formula is C34H27Cl2FN2O6. The molecule has 3 aromatic carbocycles. The number of hydrogen-bond acceptors (Lipinski definition) is 6. The van der Waals surface area contributed by atoms with E-state index in [9.17, 15) is 33.8 Å². The molecular weight excluding hydrogens is 622 g/mol. The fourth-order valence-electron chi connectivity index (χ4n) is 7.67. The van der Waals surface area contributed by atoms with Crippen LogP contribution >= 0.6 is 23.2 Å². The van der Waals surface area contributed by atoms with E-state index in [-0.39, 0.29) is 48.0 Å². The summed E-state index contributed by atoms with van der Waals surface area (Å²) in [6, 6.07) is 17.6. The van der Waals surface area contributed by atoms with Gasteiger partial charge in [-0.2, -0.15) is 0 Å². The minimum absolute atomic E-state index is 0.0826. The highest BCUT2D eigenvalue weighted by atomic mass is 35.5. The first kappa shape index (κ1) is 29.5. The largest absolute Gasteiger partial charge is 0.508 e. The van der Waals surface area contributed by atoms with E-state index in [1.807, 2.05) is 0 Å². The maximum Gasteiger partial charge on any atom is 0.258 e. The predicted molar refractivity (Wildman–Crippen MR) is 163 cm³/mol. The summed E-state index contributed by atoms with van der Waals surface area (Å²) in [6.07, 6.45) is 2.18. The van der Waals surface area contributed by atoms with Crippen LogP contribution in [0.15, 0.2) is 84.4 Å². The lowest BCUT2D eigenvalue weighted by atomic mass is 9.56. The van der Waals surface area contributed by atoms with Gasteiger partial charge in [-0.25, -0.2) is 9.29 Å². The molecule has 0 bridgehead atoms. The van der Waals surface area contributed by atoms with Crippen LogP contribution < -0.4 is 4.90 Å². The van der Waals surface area contributed by atoms with Crippen LogP contribution in [0.4, 0.5) is 10.1 Å². The zero-order valence-electron chi connectivity index (χ0n) is 23.7. The number of aromatic hydroxyl groups is 2. The summed E-state index contributed by atoms with van der Waals surface area (Å²) in [5.74, 6) is -6.41. The van der Waals surface area contributed by atoms with Gasteiger partial charge in [0.15, 0.2) is 9.75 Å². The van der Waals surface area contributed by atoms with Crippen LogP contribution in [-0.4, -0.2) is 55.0 Å². The number of rotatable bonds is 5. The second-order valence-corrected chi connectivity index (χ2v) is 13.3. The summed E-state index contributed by atoms with van der Waals surface area (Å²) in [6.45, 7) is 0.127. The summed E-state index contributed by atoms with van der Waals surface area (Å²) in [5.41, 5.74) is 1.74. The summed E-state index contributed by atoms with van der Waals surface area (Å²) in [7, 11) is 0. The number of para-hydroxylation sites is 1. The third kappa shape index (κ3) is 4.17. The van der Waals surface area contributed by atoms with Crippen molar-refractivity contribution in [3.63, 3.8) is 0 Å². The van der Waals surface area contributed by atoms with Crippen molar-refractivity contribution in [1.29, 1.82) is 0 Å². The number of allylic oxidation sites excluding steroid dienone is 2. The van der Waals surface area contributed by atoms with Crippen LogP contribution in [0.1, 0.15) is 29.9 Å². The summed E-state index contributed by atoms with van der Waals surface area (Å²) >= 11 is 14.6. The molecule has 2 aliphatic heterocycles. The molecule has 0 aromatic heterocycles. The van der Waals surface area contributed by atoms with Crippen LogP contribution in [0.5, 0.6) is 11.5 Å². The van der Waals surface area contributed by atoms with Crippen LogP contribution in [0.3, 0.4) is 0 Å². The molecule has 4 aliphatic rings. The highest BCUT2D eigenvalue weighted by Crippen LogP contribution is 2.66. The van der Waals surface area contributed by atoms with Crippen molar-refractivity contribution in [2.75, 3.05) is 11.4 Å². The first-order valence-corrected chi connectivity index (χ1v) is 15.4. The molecule has 3 fully saturated rings. The van der Waals surface area contributed by atoms with E-state index in [2.05, 4.69) is 0 Å². The number of phenols is 2. The van der Waals surface area contributed by atoms with Crippen molar-refractivity contribution >= 4 is 52.5 Å². The van der Waals surface area contributed by atoms with Crippen LogP contribution in [0, 0.1) is 23.6 Å². The predicted octanol–water partition coefficient (Wildman–Crippen LogP) is 5.04. The van der Waals surface area contributed by atoms with Gasteiger partial charge in [0.1, 0.15) is 17.3 Å². The molecule has 2 aliphatic carbocycles. The number of halogens is 3. The van der Waals surface area contributed by atoms with Crippen LogP contribution in [0.25, 0.3) is 0 Å². The number of carbonyl (C=O) groups is 4. The van der Waals surface area contributed by atoms with E-state index in [1.165, 1.54) is 35.2 Å². The van der Waals surface area contributed by atoms with Crippen LogP contribution in [-0.2, 0) is 25.6 Å². The number of anilines is 1. The lowest BCUT2D eigenvalue weighted by Gasteiger charge is -2.50. The van der Waals surface area contributed by atoms with Gasteiger partial charge in [-0.3, -0.25) is 24.1 Å². The number of likely N-dealkylation sites (tertiary alicyclic amines) is 1. The highest BCUT2D eigenvalue weighted by Gasteiger charge is 2.76. The Labute approximate surface area is 267 Å². The number of hydrogen-bond donors (Lipinski definition) is 2. The quantitative estimate of drug-likeness (QED) is 0.228. The molecule has 8 nitrogen and oxygen atoms in total. The number of phenolic OH excluding ortho intramolecular Hbond substituents is 2. The topological polar surface area (TPSA) is 115 Å². The molecule has 6 atom stereocenters. The number of nitrogens with zero attached hydrogens (tertiary/aromatic N) is 2. The van der Waals surface area contributed by atoms with Crippen molar-refractivity contribution < 1.29 is 33.8 Å². The second-order valence-electron chi connectivity index (χ2n) is 12.1. The average molecular weight is 650 g/mol. The van der Waals surface area contributed by atoms with Gasteiger partial charge in [0.25, 0.3) is 11.8 Å². The third-order valence-electron chi connectivity index (χ3n) is 9.80. The molecule has 2 heterocycles. The lowest BCUT2D eigenvalue weighted by Crippen LogP contribution is -2.60. The van der Waals surface area contributed by atoms with Gasteiger partial charge in [0.2, 0.25) is 11.8 Å². The van der Waals surface area contributed by atoms with Crippen molar-refractivity contribution in [2.24, 2.45) is 17.8 Å². The lowest BCUT2D eigenvalue weighted by molar-refractivity contribution is -0.140. The number of alkyl halides is 2. The van der Waals surface area contributed by atoms with Gasteiger partial charge in [0.05, 0.1) is 17.5 Å². The average Bonchev–Trinajstić information content (AvgIpc) is 3.35. The van der Waals surface area contributed by atoms with Crippen molar-refractivity contribution in [3.05, 3.63) is 101 Å². The van der Waals surface area contributed by atoms with E-state index in [0.717, 1.165) is 22.6 Å². The second kappa shape index (κ2) is 10.4. The monoisotopic (exact) mass is 648 g/mol. The standard InChI is InChI=1S/C34H27Cl2FN2O6/c35-33-17-25-22(13-14-24-27(25)30(43)38(29(24)42)16-15-18-5-11-21(40)12-6-18)28(23-3-1-2-4-26(23)41)34(33,36)32(45)39(31(33)44)20-9-7-19(37)8-10-20/h1-13,24-25,27-28,40-41H,14-17H2. The first-order chi connectivity index (χ1) is 21.5. The van der Waals surface area contributed by atoms with Gasteiger partial charge in [-0.05, 0) is 73.2 Å². The molecule has 11 heteroatoms. The molecule has 3 aromatic rings. The Morgan fingerprint density at radius 2 is 1.53 bits per heavy atom. The number of carbonyl (C=O) groups excluding carboxylic acids is 4. The minimum Gasteiger partial charge on any atom is -0.508 e. The van der Waals surface area contributed by atoms with Gasteiger partial charge < -0.3 is 10.2 Å². The van der Waals surface area contributed by atoms with Gasteiger partial charge >= 0.3 is 0 Å². The molecule has 230 valence electrons. The molecule has 6 unspecified atom stereocenters. The number of imide groups is 2. The van der Waals surface area contributed by atoms with E-state index in [4.69, 9.17) is 23.2 Å². The van der Waals surface area contributed by atoms with Gasteiger partial charge in [0, 0.05) is 18.0 Å². The number of amides is 4. The normalized spacial score (nSPS) is 30.7. The van der Waals surface area contributed by atoms with E-state index in [0.29, 0.717) is 12.0 Å². The maximum atomic E-state index is 14.3. The Morgan fingerprint density at radius 3 is 2.22 bits per heavy atom. The smallest absolute Gasteiger partial charge is 0.258 e. The molecule has 0 radical (unpaired) electrons. The minimum atomic E-state index is -2.11. The van der Waals surface area contributed by atoms with Crippen molar-refractivity contribution in [3.8, 4) is 11.5 Å². The fraction of sp³-hybridized carbons (Fsp3) is 0.294. The Bertz CT molecular complexity index is 1800. The number of benzene rings is 3. The van der Waals surface area contributed by atoms with E-state index < -0.39 is 57.0 Å². The Balaban J connectivity index is 1.31. The van der Waals surface area contributed by atoms with Gasteiger partial charge in [-0.15, -0.1) is 23.2 Å². The molecule has 1 saturated carbocycles. The summed E-state index contributed by atoms with van der Waals surface area (Å²) in [5, 5.41) is 20.6. The molecule has 4 amide bonds. The molecule has 2 saturated heterocycles. The third-order valence-corrected chi connectivity index (χ3v) is 11.2. The zero-order valence-corrected chi connectivity index (χ0v) is 25.2. The van der Waals surface area contributed by atoms with Crippen molar-refractivity contribution in [2.45, 2.75) is 34.9 Å². The molecule has 2 N–H and O–H groups in total. The molecule has 45 heavy (non-hydrogen) atoms. The Kier molecular flexibility index (Phi) is 6.83. The van der Waals surface area contributed by atoms with Crippen LogP contribution in [0.2, 0.25) is 0 Å². The van der Waals surface area contributed by atoms with E-state index >= 15 is 0 Å².